The molecule has 1 amide bonds. The van der Waals surface area contributed by atoms with Crippen molar-refractivity contribution in [1.82, 2.24) is 10.4 Å². The number of hydrogen-bond acceptors (Lipinski definition) is 4. The first-order chi connectivity index (χ1) is 9.03. The van der Waals surface area contributed by atoms with Crippen molar-refractivity contribution in [2.45, 2.75) is 19.4 Å². The molecule has 0 saturated carbocycles. The summed E-state index contributed by atoms with van der Waals surface area (Å²) in [6.07, 6.45) is 0.494. The average Bonchev–Trinajstić information content (AvgIpc) is 2.76. The van der Waals surface area contributed by atoms with E-state index >= 15 is 0 Å². The molecule has 1 aliphatic heterocycles. The summed E-state index contributed by atoms with van der Waals surface area (Å²) >= 11 is 0. The lowest BCUT2D eigenvalue weighted by atomic mass is 10.1. The van der Waals surface area contributed by atoms with Gasteiger partial charge in [0.25, 0.3) is 5.91 Å². The van der Waals surface area contributed by atoms with E-state index in [1.807, 2.05) is 13.0 Å². The highest BCUT2D eigenvalue weighted by atomic mass is 32.2. The molecule has 0 radical (unpaired) electrons. The van der Waals surface area contributed by atoms with Crippen molar-refractivity contribution in [3.8, 4) is 0 Å². The van der Waals surface area contributed by atoms with Crippen molar-refractivity contribution in [2.24, 2.45) is 0 Å². The molecule has 5 nitrogen and oxygen atoms in total. The number of carbonyl (C=O) groups excluding carboxylic acids is 1. The minimum absolute atomic E-state index is 0.0403. The fourth-order valence-corrected chi connectivity index (χ4v) is 3.94. The Bertz CT molecular complexity index is 542. The molecule has 2 rings (SSSR count). The fourth-order valence-electron chi connectivity index (χ4n) is 2.24. The van der Waals surface area contributed by atoms with Crippen LogP contribution >= 0.6 is 0 Å². The lowest BCUT2D eigenvalue weighted by Crippen LogP contribution is -2.50. The number of nitrogens with one attached hydrogen (secondary N) is 1. The normalized spacial score (nSPS) is 21.2. The Morgan fingerprint density at radius 2 is 2.05 bits per heavy atom. The lowest BCUT2D eigenvalue weighted by Gasteiger charge is -2.28. The van der Waals surface area contributed by atoms with E-state index in [-0.39, 0.29) is 23.5 Å². The second-order valence-electron chi connectivity index (χ2n) is 4.61. The van der Waals surface area contributed by atoms with Crippen LogP contribution in [-0.4, -0.2) is 43.4 Å². The molecule has 19 heavy (non-hydrogen) atoms. The van der Waals surface area contributed by atoms with Crippen molar-refractivity contribution in [2.75, 3.05) is 18.1 Å². The maximum absolute atomic E-state index is 12.4. The van der Waals surface area contributed by atoms with E-state index in [1.54, 1.807) is 24.3 Å². The quantitative estimate of drug-likeness (QED) is 0.831. The van der Waals surface area contributed by atoms with Crippen LogP contribution in [0.15, 0.2) is 30.3 Å². The molecular formula is C13H18N2O3S. The van der Waals surface area contributed by atoms with Crippen LogP contribution in [0, 0.1) is 0 Å². The Morgan fingerprint density at radius 1 is 1.37 bits per heavy atom. The highest BCUT2D eigenvalue weighted by Gasteiger charge is 2.34. The number of carbonyl (C=O) groups is 1. The van der Waals surface area contributed by atoms with Crippen LogP contribution in [0.4, 0.5) is 0 Å². The van der Waals surface area contributed by atoms with Crippen LogP contribution < -0.4 is 5.43 Å². The number of hydrogen-bond donors (Lipinski definition) is 1. The predicted molar refractivity (Wildman–Crippen MR) is 73.3 cm³/mol. The Balaban J connectivity index is 2.19. The van der Waals surface area contributed by atoms with E-state index in [0.29, 0.717) is 18.5 Å². The molecule has 0 aliphatic carbocycles. The molecule has 1 aliphatic rings. The first kappa shape index (κ1) is 14.0. The summed E-state index contributed by atoms with van der Waals surface area (Å²) in [4.78, 5) is 12.4. The molecule has 1 heterocycles. The van der Waals surface area contributed by atoms with Crippen LogP contribution in [0.25, 0.3) is 0 Å². The van der Waals surface area contributed by atoms with E-state index in [0.717, 1.165) is 0 Å². The first-order valence-electron chi connectivity index (χ1n) is 6.36. The maximum Gasteiger partial charge on any atom is 0.268 e. The molecule has 6 heteroatoms. The molecule has 1 aromatic rings. The molecule has 1 aromatic carbocycles. The van der Waals surface area contributed by atoms with Gasteiger partial charge in [0, 0.05) is 12.1 Å². The van der Waals surface area contributed by atoms with Gasteiger partial charge >= 0.3 is 0 Å². The van der Waals surface area contributed by atoms with E-state index in [4.69, 9.17) is 0 Å². The third-order valence-electron chi connectivity index (χ3n) is 3.14. The summed E-state index contributed by atoms with van der Waals surface area (Å²) in [6.45, 7) is 2.46. The third-order valence-corrected chi connectivity index (χ3v) is 4.89. The standard InChI is InChI=1S/C13H18N2O3S/c1-2-14-15(12-8-9-19(17,18)10-12)13(16)11-6-4-3-5-7-11/h3-7,12,14H,2,8-10H2,1H3. The predicted octanol–water partition coefficient (Wildman–Crippen LogP) is 0.840. The molecule has 1 unspecified atom stereocenters. The zero-order valence-electron chi connectivity index (χ0n) is 10.9. The Morgan fingerprint density at radius 3 is 2.58 bits per heavy atom. The second-order valence-corrected chi connectivity index (χ2v) is 6.84. The van der Waals surface area contributed by atoms with Gasteiger partial charge in [-0.1, -0.05) is 25.1 Å². The lowest BCUT2D eigenvalue weighted by molar-refractivity contribution is 0.0577. The summed E-state index contributed by atoms with van der Waals surface area (Å²) < 4.78 is 23.1. The SMILES string of the molecule is CCNN(C(=O)c1ccccc1)C1CCS(=O)(=O)C1. The highest BCUT2D eigenvalue weighted by molar-refractivity contribution is 7.91. The van der Waals surface area contributed by atoms with Crippen molar-refractivity contribution in [3.63, 3.8) is 0 Å². The topological polar surface area (TPSA) is 66.5 Å². The van der Waals surface area contributed by atoms with Crippen molar-refractivity contribution >= 4 is 15.7 Å². The average molecular weight is 282 g/mol. The van der Waals surface area contributed by atoms with E-state index in [1.165, 1.54) is 5.01 Å². The second kappa shape index (κ2) is 5.71. The molecule has 1 N–H and O–H groups in total. The summed E-state index contributed by atoms with van der Waals surface area (Å²) in [5.74, 6) is 0.0183. The Labute approximate surface area is 113 Å². The fraction of sp³-hybridized carbons (Fsp3) is 0.462. The number of amides is 1. The Kier molecular flexibility index (Phi) is 4.21. The van der Waals surface area contributed by atoms with Crippen LogP contribution in [0.5, 0.6) is 0 Å². The number of nitrogens with zero attached hydrogens (tertiary/aromatic N) is 1. The highest BCUT2D eigenvalue weighted by Crippen LogP contribution is 2.18. The van der Waals surface area contributed by atoms with Gasteiger partial charge in [0.2, 0.25) is 0 Å². The minimum Gasteiger partial charge on any atom is -0.270 e. The van der Waals surface area contributed by atoms with Gasteiger partial charge in [-0.2, -0.15) is 0 Å². The zero-order valence-corrected chi connectivity index (χ0v) is 11.7. The van der Waals surface area contributed by atoms with Gasteiger partial charge in [-0.05, 0) is 18.6 Å². The first-order valence-corrected chi connectivity index (χ1v) is 8.18. The number of sulfone groups is 1. The number of hydrazine groups is 1. The van der Waals surface area contributed by atoms with E-state index in [9.17, 15) is 13.2 Å². The van der Waals surface area contributed by atoms with E-state index in [2.05, 4.69) is 5.43 Å². The van der Waals surface area contributed by atoms with Gasteiger partial charge in [-0.15, -0.1) is 0 Å². The van der Waals surface area contributed by atoms with E-state index < -0.39 is 9.84 Å². The van der Waals surface area contributed by atoms with Crippen LogP contribution in [0.1, 0.15) is 23.7 Å². The third kappa shape index (κ3) is 3.33. The molecule has 0 bridgehead atoms. The summed E-state index contributed by atoms with van der Waals surface area (Å²) in [7, 11) is -3.01. The van der Waals surface area contributed by atoms with Crippen LogP contribution in [0.2, 0.25) is 0 Å². The Hall–Kier alpha value is -1.40. The van der Waals surface area contributed by atoms with Gasteiger partial charge in [0.05, 0.1) is 17.5 Å². The zero-order chi connectivity index (χ0) is 13.9. The van der Waals surface area contributed by atoms with Crippen LogP contribution in [-0.2, 0) is 9.84 Å². The van der Waals surface area contributed by atoms with Gasteiger partial charge in [0.15, 0.2) is 9.84 Å². The van der Waals surface area contributed by atoms with Gasteiger partial charge < -0.3 is 0 Å². The monoisotopic (exact) mass is 282 g/mol. The van der Waals surface area contributed by atoms with Gasteiger partial charge in [-0.25, -0.2) is 13.8 Å². The molecular weight excluding hydrogens is 264 g/mol. The van der Waals surface area contributed by atoms with Crippen molar-refractivity contribution in [3.05, 3.63) is 35.9 Å². The van der Waals surface area contributed by atoms with Gasteiger partial charge in [0.1, 0.15) is 0 Å². The molecule has 0 spiro atoms. The largest absolute Gasteiger partial charge is 0.270 e. The summed E-state index contributed by atoms with van der Waals surface area (Å²) in [5.41, 5.74) is 3.54. The maximum atomic E-state index is 12.4. The molecule has 1 atom stereocenters. The molecule has 1 fully saturated rings. The van der Waals surface area contributed by atoms with Crippen molar-refractivity contribution < 1.29 is 13.2 Å². The minimum atomic E-state index is -3.01. The molecule has 104 valence electrons. The van der Waals surface area contributed by atoms with Crippen LogP contribution in [0.3, 0.4) is 0 Å². The smallest absolute Gasteiger partial charge is 0.268 e. The van der Waals surface area contributed by atoms with Gasteiger partial charge in [-0.3, -0.25) is 9.80 Å². The number of benzene rings is 1. The molecule has 1 saturated heterocycles. The summed E-state index contributed by atoms with van der Waals surface area (Å²) in [6, 6.07) is 8.62. The summed E-state index contributed by atoms with van der Waals surface area (Å²) in [5, 5.41) is 1.47. The van der Waals surface area contributed by atoms with Crippen molar-refractivity contribution in [1.29, 1.82) is 0 Å². The number of rotatable bonds is 4. The molecule has 0 aromatic heterocycles.